The molecule has 0 aliphatic carbocycles. The molecule has 0 bridgehead atoms. The molecule has 30 heavy (non-hydrogen) atoms. The Morgan fingerprint density at radius 3 is 2.67 bits per heavy atom. The smallest absolute Gasteiger partial charge is 0.337 e. The largest absolute Gasteiger partial charge is 0.496 e. The number of carbonyl (C=O) groups excluding carboxylic acids is 1. The Kier molecular flexibility index (Phi) is 5.37. The van der Waals surface area contributed by atoms with E-state index in [0.29, 0.717) is 27.1 Å². The fraction of sp³-hybridized carbons (Fsp3) is 0.174. The number of thiophene rings is 1. The second kappa shape index (κ2) is 8.12. The van der Waals surface area contributed by atoms with Crippen LogP contribution in [0.2, 0.25) is 0 Å². The van der Waals surface area contributed by atoms with E-state index in [9.17, 15) is 9.59 Å². The van der Waals surface area contributed by atoms with E-state index in [4.69, 9.17) is 9.47 Å². The van der Waals surface area contributed by atoms with Crippen LogP contribution in [0.5, 0.6) is 5.75 Å². The molecule has 0 unspecified atom stereocenters. The maximum absolute atomic E-state index is 13.1. The van der Waals surface area contributed by atoms with Gasteiger partial charge in [-0.05, 0) is 36.2 Å². The molecule has 7 heteroatoms. The maximum atomic E-state index is 13.1. The van der Waals surface area contributed by atoms with Gasteiger partial charge in [-0.3, -0.25) is 9.36 Å². The van der Waals surface area contributed by atoms with Gasteiger partial charge in [0.05, 0.1) is 38.2 Å². The first-order chi connectivity index (χ1) is 14.5. The Morgan fingerprint density at radius 1 is 1.13 bits per heavy atom. The molecule has 4 rings (SSSR count). The molecule has 0 atom stereocenters. The Morgan fingerprint density at radius 2 is 1.93 bits per heavy atom. The van der Waals surface area contributed by atoms with Crippen LogP contribution in [0.4, 0.5) is 0 Å². The number of rotatable bonds is 5. The van der Waals surface area contributed by atoms with E-state index < -0.39 is 5.97 Å². The molecule has 2 aromatic heterocycles. The minimum atomic E-state index is -0.444. The van der Waals surface area contributed by atoms with E-state index in [-0.39, 0.29) is 12.1 Å². The summed E-state index contributed by atoms with van der Waals surface area (Å²) in [4.78, 5) is 29.6. The number of carbonyl (C=O) groups is 1. The molecule has 2 aromatic carbocycles. The first kappa shape index (κ1) is 19.8. The van der Waals surface area contributed by atoms with Gasteiger partial charge in [-0.25, -0.2) is 9.78 Å². The number of hydrogen-bond acceptors (Lipinski definition) is 6. The van der Waals surface area contributed by atoms with E-state index >= 15 is 0 Å². The van der Waals surface area contributed by atoms with Crippen molar-refractivity contribution in [3.63, 3.8) is 0 Å². The molecule has 2 heterocycles. The van der Waals surface area contributed by atoms with Crippen molar-refractivity contribution in [1.82, 2.24) is 9.55 Å². The van der Waals surface area contributed by atoms with E-state index in [1.54, 1.807) is 31.6 Å². The van der Waals surface area contributed by atoms with Gasteiger partial charge in [0.15, 0.2) is 0 Å². The minimum absolute atomic E-state index is 0.129. The molecule has 0 radical (unpaired) electrons. The molecule has 0 amide bonds. The zero-order valence-electron chi connectivity index (χ0n) is 16.8. The fourth-order valence-corrected chi connectivity index (χ4v) is 4.42. The summed E-state index contributed by atoms with van der Waals surface area (Å²) >= 11 is 1.39. The SMILES string of the molecule is COC(=O)c1ccc(OC)c(Cn2cnc3c(-c4ccccc4C)csc3c2=O)c1. The second-order valence-electron chi connectivity index (χ2n) is 6.84. The number of benzene rings is 2. The lowest BCUT2D eigenvalue weighted by Crippen LogP contribution is -2.21. The number of aromatic nitrogens is 2. The number of methoxy groups -OCH3 is 2. The average Bonchev–Trinajstić information content (AvgIpc) is 3.20. The van der Waals surface area contributed by atoms with Crippen LogP contribution in [0.3, 0.4) is 0 Å². The van der Waals surface area contributed by atoms with Crippen LogP contribution in [0.15, 0.2) is 59.0 Å². The normalized spacial score (nSPS) is 10.9. The van der Waals surface area contributed by atoms with Crippen LogP contribution in [0, 0.1) is 6.92 Å². The predicted molar refractivity (Wildman–Crippen MR) is 117 cm³/mol. The lowest BCUT2D eigenvalue weighted by atomic mass is 10.0. The molecular weight excluding hydrogens is 400 g/mol. The van der Waals surface area contributed by atoms with Gasteiger partial charge in [0.1, 0.15) is 10.4 Å². The van der Waals surface area contributed by atoms with Gasteiger partial charge in [0, 0.05) is 16.5 Å². The highest BCUT2D eigenvalue weighted by molar-refractivity contribution is 7.17. The zero-order chi connectivity index (χ0) is 21.3. The highest BCUT2D eigenvalue weighted by Crippen LogP contribution is 2.32. The van der Waals surface area contributed by atoms with Crippen LogP contribution in [-0.2, 0) is 11.3 Å². The van der Waals surface area contributed by atoms with Crippen LogP contribution < -0.4 is 10.3 Å². The Balaban J connectivity index is 1.77. The summed E-state index contributed by atoms with van der Waals surface area (Å²) in [5, 5.41) is 1.98. The standard InChI is InChI=1S/C23H20N2O4S/c1-14-6-4-5-7-17(14)18-12-30-21-20(18)24-13-25(22(21)26)11-16-10-15(23(27)29-3)8-9-19(16)28-2/h4-10,12-13H,11H2,1-3H3. The van der Waals surface area contributed by atoms with Crippen molar-refractivity contribution < 1.29 is 14.3 Å². The summed E-state index contributed by atoms with van der Waals surface area (Å²) in [6.45, 7) is 2.27. The third-order valence-electron chi connectivity index (χ3n) is 5.02. The quantitative estimate of drug-likeness (QED) is 0.451. The lowest BCUT2D eigenvalue weighted by Gasteiger charge is -2.12. The summed E-state index contributed by atoms with van der Waals surface area (Å²) in [7, 11) is 2.88. The molecule has 0 aliphatic rings. The van der Waals surface area contributed by atoms with Gasteiger partial charge < -0.3 is 9.47 Å². The van der Waals surface area contributed by atoms with Crippen molar-refractivity contribution in [1.29, 1.82) is 0 Å². The molecular formula is C23H20N2O4S. The second-order valence-corrected chi connectivity index (χ2v) is 7.72. The number of nitrogens with zero attached hydrogens (tertiary/aromatic N) is 2. The van der Waals surface area contributed by atoms with E-state index in [2.05, 4.69) is 4.98 Å². The number of hydrogen-bond donors (Lipinski definition) is 0. The van der Waals surface area contributed by atoms with Gasteiger partial charge in [-0.2, -0.15) is 0 Å². The summed E-state index contributed by atoms with van der Waals surface area (Å²) in [5.74, 6) is 0.141. The van der Waals surface area contributed by atoms with Gasteiger partial charge in [-0.1, -0.05) is 24.3 Å². The molecule has 0 fully saturated rings. The maximum Gasteiger partial charge on any atom is 0.337 e. The average molecular weight is 420 g/mol. The van der Waals surface area contributed by atoms with E-state index in [0.717, 1.165) is 16.7 Å². The van der Waals surface area contributed by atoms with Crippen LogP contribution in [-0.4, -0.2) is 29.7 Å². The Hall–Kier alpha value is -3.45. The first-order valence-corrected chi connectivity index (χ1v) is 10.2. The number of aryl methyl sites for hydroxylation is 1. The summed E-state index contributed by atoms with van der Waals surface area (Å²) in [6, 6.07) is 13.0. The zero-order valence-corrected chi connectivity index (χ0v) is 17.7. The fourth-order valence-electron chi connectivity index (χ4n) is 3.45. The molecule has 6 nitrogen and oxygen atoms in total. The lowest BCUT2D eigenvalue weighted by molar-refractivity contribution is 0.0600. The molecule has 4 aromatic rings. The van der Waals surface area contributed by atoms with Gasteiger partial charge in [-0.15, -0.1) is 11.3 Å². The van der Waals surface area contributed by atoms with Crippen molar-refractivity contribution >= 4 is 27.5 Å². The molecule has 0 spiro atoms. The summed E-state index contributed by atoms with van der Waals surface area (Å²) in [6.07, 6.45) is 1.55. The monoisotopic (exact) mass is 420 g/mol. The van der Waals surface area contributed by atoms with E-state index in [1.165, 1.54) is 23.0 Å². The van der Waals surface area contributed by atoms with Gasteiger partial charge >= 0.3 is 5.97 Å². The number of esters is 1. The van der Waals surface area contributed by atoms with Crippen LogP contribution in [0.1, 0.15) is 21.5 Å². The van der Waals surface area contributed by atoms with Crippen molar-refractivity contribution in [2.45, 2.75) is 13.5 Å². The first-order valence-electron chi connectivity index (χ1n) is 9.31. The van der Waals surface area contributed by atoms with Crippen LogP contribution >= 0.6 is 11.3 Å². The number of ether oxygens (including phenoxy) is 2. The molecule has 152 valence electrons. The molecule has 0 saturated carbocycles. The molecule has 0 N–H and O–H groups in total. The minimum Gasteiger partial charge on any atom is -0.496 e. The van der Waals surface area contributed by atoms with Gasteiger partial charge in [0.2, 0.25) is 0 Å². The summed E-state index contributed by atoms with van der Waals surface area (Å²) < 4.78 is 12.3. The van der Waals surface area contributed by atoms with Crippen molar-refractivity contribution in [3.05, 3.63) is 81.2 Å². The topological polar surface area (TPSA) is 70.4 Å². The highest BCUT2D eigenvalue weighted by Gasteiger charge is 2.16. The van der Waals surface area contributed by atoms with Crippen LogP contribution in [0.25, 0.3) is 21.3 Å². The predicted octanol–water partition coefficient (Wildman–Crippen LogP) is 4.28. The summed E-state index contributed by atoms with van der Waals surface area (Å²) in [5.41, 5.74) is 4.82. The van der Waals surface area contributed by atoms with Crippen molar-refractivity contribution in [3.8, 4) is 16.9 Å². The third kappa shape index (κ3) is 3.48. The third-order valence-corrected chi connectivity index (χ3v) is 5.98. The van der Waals surface area contributed by atoms with Gasteiger partial charge in [0.25, 0.3) is 5.56 Å². The van der Waals surface area contributed by atoms with E-state index in [1.807, 2.05) is 36.6 Å². The van der Waals surface area contributed by atoms with Crippen molar-refractivity contribution in [2.24, 2.45) is 0 Å². The number of fused-ring (bicyclic) bond motifs is 1. The van der Waals surface area contributed by atoms with Crippen molar-refractivity contribution in [2.75, 3.05) is 14.2 Å². The Labute approximate surface area is 177 Å². The molecule has 0 aliphatic heterocycles. The Bertz CT molecular complexity index is 1310. The molecule has 0 saturated heterocycles. The highest BCUT2D eigenvalue weighted by atomic mass is 32.1.